The lowest BCUT2D eigenvalue weighted by Gasteiger charge is -2.19. The molecule has 0 heterocycles. The van der Waals surface area contributed by atoms with Crippen molar-refractivity contribution in [2.75, 3.05) is 0 Å². The van der Waals surface area contributed by atoms with E-state index in [1.807, 2.05) is 32.0 Å². The van der Waals surface area contributed by atoms with Crippen LogP contribution >= 0.6 is 0 Å². The van der Waals surface area contributed by atoms with E-state index in [-0.39, 0.29) is 12.1 Å². The third kappa shape index (κ3) is 2.95. The van der Waals surface area contributed by atoms with Gasteiger partial charge in [-0.1, -0.05) is 36.4 Å². The molecule has 0 aromatic heterocycles. The Labute approximate surface area is 114 Å². The van der Waals surface area contributed by atoms with Gasteiger partial charge in [-0.3, -0.25) is 0 Å². The summed E-state index contributed by atoms with van der Waals surface area (Å²) in [6.45, 7) is 3.81. The molecule has 0 saturated heterocycles. The van der Waals surface area contributed by atoms with Crippen LogP contribution in [-0.4, -0.2) is 17.2 Å². The molecule has 2 rings (SSSR count). The van der Waals surface area contributed by atoms with Crippen molar-refractivity contribution in [1.82, 2.24) is 0 Å². The zero-order valence-corrected chi connectivity index (χ0v) is 11.5. The van der Waals surface area contributed by atoms with Gasteiger partial charge in [-0.2, -0.15) is 0 Å². The molecule has 3 nitrogen and oxygen atoms in total. The minimum absolute atomic E-state index is 0.0890. The fourth-order valence-corrected chi connectivity index (χ4v) is 2.50. The Hall–Kier alpha value is -1.42. The molecule has 2 aromatic rings. The van der Waals surface area contributed by atoms with E-state index in [9.17, 15) is 5.11 Å². The highest BCUT2D eigenvalue weighted by Crippen LogP contribution is 2.29. The molecule has 19 heavy (non-hydrogen) atoms. The van der Waals surface area contributed by atoms with Crippen LogP contribution in [0.15, 0.2) is 36.4 Å². The van der Waals surface area contributed by atoms with Gasteiger partial charge in [0, 0.05) is 12.1 Å². The maximum Gasteiger partial charge on any atom is 0.0944 e. The van der Waals surface area contributed by atoms with Crippen molar-refractivity contribution in [3.8, 4) is 0 Å². The van der Waals surface area contributed by atoms with Crippen molar-refractivity contribution >= 4 is 10.8 Å². The molecule has 0 aliphatic rings. The number of fused-ring (bicyclic) bond motifs is 1. The number of hydrogen-bond acceptors (Lipinski definition) is 3. The lowest BCUT2D eigenvalue weighted by atomic mass is 9.91. The molecule has 3 unspecified atom stereocenters. The lowest BCUT2D eigenvalue weighted by Crippen LogP contribution is -2.25. The second kappa shape index (κ2) is 5.70. The van der Waals surface area contributed by atoms with Gasteiger partial charge in [-0.15, -0.1) is 0 Å². The number of hydrogen-bond donors (Lipinski definition) is 3. The summed E-state index contributed by atoms with van der Waals surface area (Å²) in [5.41, 5.74) is 13.8. The molecule has 3 atom stereocenters. The van der Waals surface area contributed by atoms with Crippen molar-refractivity contribution in [3.05, 3.63) is 47.5 Å². The number of aliphatic hydroxyl groups excluding tert-OH is 1. The first-order valence-corrected chi connectivity index (χ1v) is 6.70. The summed E-state index contributed by atoms with van der Waals surface area (Å²) in [5, 5.41) is 12.5. The Kier molecular flexibility index (Phi) is 4.20. The minimum Gasteiger partial charge on any atom is -0.387 e. The Morgan fingerprint density at radius 3 is 2.26 bits per heavy atom. The van der Waals surface area contributed by atoms with Crippen molar-refractivity contribution in [2.24, 2.45) is 11.5 Å². The molecule has 5 N–H and O–H groups in total. The summed E-state index contributed by atoms with van der Waals surface area (Å²) in [6.07, 6.45) is 0.137. The van der Waals surface area contributed by atoms with Crippen LogP contribution in [0.2, 0.25) is 0 Å². The highest BCUT2D eigenvalue weighted by atomic mass is 16.3. The second-order valence-corrected chi connectivity index (χ2v) is 5.35. The fraction of sp³-hybridized carbons (Fsp3) is 0.375. The third-order valence-electron chi connectivity index (χ3n) is 3.38. The van der Waals surface area contributed by atoms with Crippen molar-refractivity contribution in [2.45, 2.75) is 38.5 Å². The molecule has 0 aliphatic carbocycles. The Morgan fingerprint density at radius 1 is 1.05 bits per heavy atom. The first-order valence-electron chi connectivity index (χ1n) is 6.70. The molecular formula is C16H22N2O. The zero-order valence-electron chi connectivity index (χ0n) is 11.5. The van der Waals surface area contributed by atoms with Crippen LogP contribution in [-0.2, 0) is 6.42 Å². The smallest absolute Gasteiger partial charge is 0.0944 e. The summed E-state index contributed by atoms with van der Waals surface area (Å²) in [4.78, 5) is 0. The van der Waals surface area contributed by atoms with Crippen molar-refractivity contribution in [1.29, 1.82) is 0 Å². The molecule has 0 radical (unpaired) electrons. The number of nitrogens with two attached hydrogens (primary N) is 2. The molecule has 0 aliphatic heterocycles. The van der Waals surface area contributed by atoms with Crippen LogP contribution in [0.4, 0.5) is 0 Å². The first-order chi connectivity index (χ1) is 9.00. The van der Waals surface area contributed by atoms with E-state index in [2.05, 4.69) is 18.2 Å². The van der Waals surface area contributed by atoms with Crippen LogP contribution in [0.25, 0.3) is 10.8 Å². The third-order valence-corrected chi connectivity index (χ3v) is 3.38. The van der Waals surface area contributed by atoms with Crippen molar-refractivity contribution < 1.29 is 5.11 Å². The molecule has 3 heteroatoms. The number of aliphatic hydroxyl groups is 1. The summed E-state index contributed by atoms with van der Waals surface area (Å²) in [7, 11) is 0. The van der Waals surface area contributed by atoms with E-state index >= 15 is 0 Å². The number of benzene rings is 2. The van der Waals surface area contributed by atoms with Crippen LogP contribution in [0.1, 0.15) is 31.1 Å². The van der Waals surface area contributed by atoms with Gasteiger partial charge in [0.15, 0.2) is 0 Å². The summed E-state index contributed by atoms with van der Waals surface area (Å²) >= 11 is 0. The minimum atomic E-state index is -0.655. The Bertz CT molecular complexity index is 558. The standard InChI is InChI=1S/C16H22N2O/c1-10(17)9-13-7-3-5-12-6-4-8-14(15(12)13)16(19)11(2)18/h3-8,10-11,16,19H,9,17-18H2,1-2H3. The van der Waals surface area contributed by atoms with Gasteiger partial charge in [0.2, 0.25) is 0 Å². The predicted molar refractivity (Wildman–Crippen MR) is 79.9 cm³/mol. The van der Waals surface area contributed by atoms with Gasteiger partial charge in [0.25, 0.3) is 0 Å². The second-order valence-electron chi connectivity index (χ2n) is 5.35. The van der Waals surface area contributed by atoms with E-state index in [0.29, 0.717) is 0 Å². The van der Waals surface area contributed by atoms with Crippen LogP contribution in [0.5, 0.6) is 0 Å². The van der Waals surface area contributed by atoms with Crippen LogP contribution < -0.4 is 11.5 Å². The van der Waals surface area contributed by atoms with E-state index in [0.717, 1.165) is 22.8 Å². The molecule has 0 amide bonds. The summed E-state index contributed by atoms with van der Waals surface area (Å²) in [6, 6.07) is 11.9. The van der Waals surface area contributed by atoms with Gasteiger partial charge >= 0.3 is 0 Å². The van der Waals surface area contributed by atoms with E-state index in [4.69, 9.17) is 11.5 Å². The first kappa shape index (κ1) is 14.0. The Balaban J connectivity index is 2.63. The van der Waals surface area contributed by atoms with E-state index in [1.54, 1.807) is 0 Å². The predicted octanol–water partition coefficient (Wildman–Crippen LogP) is 2.11. The summed E-state index contributed by atoms with van der Waals surface area (Å²) in [5.74, 6) is 0. The van der Waals surface area contributed by atoms with Gasteiger partial charge in [0.05, 0.1) is 6.10 Å². The highest BCUT2D eigenvalue weighted by molar-refractivity contribution is 5.89. The lowest BCUT2D eigenvalue weighted by molar-refractivity contribution is 0.155. The molecule has 0 spiro atoms. The van der Waals surface area contributed by atoms with Crippen LogP contribution in [0, 0.1) is 0 Å². The zero-order chi connectivity index (χ0) is 14.0. The van der Waals surface area contributed by atoms with Crippen molar-refractivity contribution in [3.63, 3.8) is 0 Å². The molecule has 0 fully saturated rings. The molecule has 102 valence electrons. The van der Waals surface area contributed by atoms with E-state index < -0.39 is 6.10 Å². The van der Waals surface area contributed by atoms with Gasteiger partial charge in [-0.05, 0) is 42.2 Å². The monoisotopic (exact) mass is 258 g/mol. The van der Waals surface area contributed by atoms with Crippen LogP contribution in [0.3, 0.4) is 0 Å². The summed E-state index contributed by atoms with van der Waals surface area (Å²) < 4.78 is 0. The van der Waals surface area contributed by atoms with Gasteiger partial charge in [-0.25, -0.2) is 0 Å². The molecule has 2 aromatic carbocycles. The SMILES string of the molecule is CC(N)Cc1cccc2cccc(C(O)C(C)N)c12. The highest BCUT2D eigenvalue weighted by Gasteiger charge is 2.17. The van der Waals surface area contributed by atoms with E-state index in [1.165, 1.54) is 5.56 Å². The topological polar surface area (TPSA) is 72.3 Å². The maximum atomic E-state index is 10.3. The average Bonchev–Trinajstić information content (AvgIpc) is 2.36. The molecule has 0 saturated carbocycles. The molecule has 0 bridgehead atoms. The van der Waals surface area contributed by atoms with Gasteiger partial charge in [0.1, 0.15) is 0 Å². The normalized spacial score (nSPS) is 16.3. The fourth-order valence-electron chi connectivity index (χ4n) is 2.50. The van der Waals surface area contributed by atoms with Gasteiger partial charge < -0.3 is 16.6 Å². The largest absolute Gasteiger partial charge is 0.387 e. The average molecular weight is 258 g/mol. The quantitative estimate of drug-likeness (QED) is 0.786. The Morgan fingerprint density at radius 2 is 1.68 bits per heavy atom. The maximum absolute atomic E-state index is 10.3. The molecular weight excluding hydrogens is 236 g/mol. The number of rotatable bonds is 4.